The van der Waals surface area contributed by atoms with Gasteiger partial charge >= 0.3 is 5.97 Å². The summed E-state index contributed by atoms with van der Waals surface area (Å²) in [5.74, 6) is -1.35. The van der Waals surface area contributed by atoms with Crippen LogP contribution >= 0.6 is 0 Å². The quantitative estimate of drug-likeness (QED) is 0.456. The number of amides is 2. The largest absolute Gasteiger partial charge is 0.457 e. The Morgan fingerprint density at radius 3 is 2.29 bits per heavy atom. The van der Waals surface area contributed by atoms with Crippen molar-refractivity contribution in [2.24, 2.45) is 0 Å². The summed E-state index contributed by atoms with van der Waals surface area (Å²) in [7, 11) is 0. The van der Waals surface area contributed by atoms with Gasteiger partial charge in [-0.1, -0.05) is 42.5 Å². The molecule has 1 heterocycles. The minimum absolute atomic E-state index is 0.0394. The Labute approximate surface area is 179 Å². The smallest absolute Gasteiger partial charge is 0.338 e. The lowest BCUT2D eigenvalue weighted by Gasteiger charge is -2.13. The third-order valence-corrected chi connectivity index (χ3v) is 5.13. The number of ether oxygens (including phenoxy) is 1. The molecule has 0 aliphatic carbocycles. The third kappa shape index (κ3) is 4.21. The summed E-state index contributed by atoms with van der Waals surface area (Å²) in [5.41, 5.74) is 3.01. The van der Waals surface area contributed by atoms with Gasteiger partial charge in [-0.05, 0) is 47.9 Å². The Kier molecular flexibility index (Phi) is 5.59. The van der Waals surface area contributed by atoms with Gasteiger partial charge in [0.1, 0.15) is 6.61 Å². The molecule has 0 fully saturated rings. The molecule has 1 aliphatic rings. The van der Waals surface area contributed by atoms with Crippen LogP contribution in [0.15, 0.2) is 72.8 Å². The van der Waals surface area contributed by atoms with Crippen molar-refractivity contribution in [2.45, 2.75) is 13.0 Å². The zero-order chi connectivity index (χ0) is 21.8. The number of carbonyl (C=O) groups is 3. The highest BCUT2D eigenvalue weighted by Crippen LogP contribution is 2.25. The van der Waals surface area contributed by atoms with E-state index >= 15 is 0 Å². The Balaban J connectivity index is 1.43. The van der Waals surface area contributed by atoms with Gasteiger partial charge in [-0.2, -0.15) is 5.26 Å². The Bertz CT molecular complexity index is 1190. The molecule has 1 aliphatic heterocycles. The van der Waals surface area contributed by atoms with E-state index in [4.69, 9.17) is 10.00 Å². The average molecular weight is 410 g/mol. The second-order valence-corrected chi connectivity index (χ2v) is 7.14. The van der Waals surface area contributed by atoms with Crippen LogP contribution in [-0.4, -0.2) is 29.2 Å². The molecular weight excluding hydrogens is 392 g/mol. The standard InChI is InChI=1S/C25H18N2O4/c26-15-18-6-8-19(9-7-18)16-31-25(30)20-10-11-21-22(14-20)24(29)27(23(21)28)13-12-17-4-2-1-3-5-17/h1-11,14H,12-13,16H2. The molecule has 3 aromatic rings. The fourth-order valence-electron chi connectivity index (χ4n) is 3.41. The van der Waals surface area contributed by atoms with E-state index in [1.54, 1.807) is 24.3 Å². The van der Waals surface area contributed by atoms with Crippen molar-refractivity contribution < 1.29 is 19.1 Å². The minimum Gasteiger partial charge on any atom is -0.457 e. The summed E-state index contributed by atoms with van der Waals surface area (Å²) in [6, 6.07) is 22.8. The molecule has 3 aromatic carbocycles. The molecule has 31 heavy (non-hydrogen) atoms. The molecular formula is C25H18N2O4. The first kappa shape index (κ1) is 20.0. The van der Waals surface area contributed by atoms with Gasteiger partial charge in [0, 0.05) is 6.54 Å². The minimum atomic E-state index is -0.588. The predicted octanol–water partition coefficient (Wildman–Crippen LogP) is 3.75. The van der Waals surface area contributed by atoms with Crippen molar-refractivity contribution in [1.29, 1.82) is 5.26 Å². The maximum atomic E-state index is 12.8. The van der Waals surface area contributed by atoms with E-state index in [9.17, 15) is 14.4 Å². The van der Waals surface area contributed by atoms with Crippen molar-refractivity contribution in [3.05, 3.63) is 106 Å². The molecule has 2 amide bonds. The van der Waals surface area contributed by atoms with Gasteiger partial charge in [-0.3, -0.25) is 14.5 Å². The number of nitrogens with zero attached hydrogens (tertiary/aromatic N) is 2. The summed E-state index contributed by atoms with van der Waals surface area (Å²) in [6.07, 6.45) is 0.561. The number of carbonyl (C=O) groups excluding carboxylic acids is 3. The molecule has 6 heteroatoms. The van der Waals surface area contributed by atoms with Gasteiger partial charge in [0.25, 0.3) is 11.8 Å². The number of hydrogen-bond acceptors (Lipinski definition) is 5. The van der Waals surface area contributed by atoms with Crippen LogP contribution in [0.1, 0.15) is 47.8 Å². The Hall–Kier alpha value is -4.24. The number of hydrogen-bond donors (Lipinski definition) is 0. The van der Waals surface area contributed by atoms with Gasteiger partial charge in [0.05, 0.1) is 28.3 Å². The van der Waals surface area contributed by atoms with E-state index in [0.29, 0.717) is 17.5 Å². The first-order valence-electron chi connectivity index (χ1n) is 9.77. The van der Waals surface area contributed by atoms with Crippen LogP contribution in [0.2, 0.25) is 0 Å². The number of rotatable bonds is 6. The highest BCUT2D eigenvalue weighted by atomic mass is 16.5. The van der Waals surface area contributed by atoms with Crippen LogP contribution in [0.25, 0.3) is 0 Å². The molecule has 0 saturated carbocycles. The van der Waals surface area contributed by atoms with Gasteiger partial charge in [-0.15, -0.1) is 0 Å². The summed E-state index contributed by atoms with van der Waals surface area (Å²) in [5, 5.41) is 8.83. The fraction of sp³-hybridized carbons (Fsp3) is 0.120. The number of benzene rings is 3. The van der Waals surface area contributed by atoms with Gasteiger partial charge in [-0.25, -0.2) is 4.79 Å². The lowest BCUT2D eigenvalue weighted by molar-refractivity contribution is 0.0472. The van der Waals surface area contributed by atoms with E-state index in [-0.39, 0.29) is 30.2 Å². The highest BCUT2D eigenvalue weighted by molar-refractivity contribution is 6.21. The SMILES string of the molecule is N#Cc1ccc(COC(=O)c2ccc3c(c2)C(=O)N(CCc2ccccc2)C3=O)cc1. The van der Waals surface area contributed by atoms with E-state index in [1.807, 2.05) is 36.4 Å². The second-order valence-electron chi connectivity index (χ2n) is 7.14. The summed E-state index contributed by atoms with van der Waals surface area (Å²) >= 11 is 0. The molecule has 0 bridgehead atoms. The molecule has 0 unspecified atom stereocenters. The molecule has 0 saturated heterocycles. The second kappa shape index (κ2) is 8.64. The lowest BCUT2D eigenvalue weighted by Crippen LogP contribution is -2.31. The lowest BCUT2D eigenvalue weighted by atomic mass is 10.1. The van der Waals surface area contributed by atoms with Gasteiger partial charge in [0.15, 0.2) is 0 Å². The van der Waals surface area contributed by atoms with Crippen LogP contribution in [0, 0.1) is 11.3 Å². The molecule has 0 N–H and O–H groups in total. The van der Waals surface area contributed by atoms with E-state index in [0.717, 1.165) is 11.1 Å². The zero-order valence-corrected chi connectivity index (χ0v) is 16.6. The first-order chi connectivity index (χ1) is 15.1. The van der Waals surface area contributed by atoms with Crippen molar-refractivity contribution >= 4 is 17.8 Å². The maximum absolute atomic E-state index is 12.8. The van der Waals surface area contributed by atoms with Crippen molar-refractivity contribution in [3.63, 3.8) is 0 Å². The van der Waals surface area contributed by atoms with E-state index < -0.39 is 11.9 Å². The number of fused-ring (bicyclic) bond motifs is 1. The summed E-state index contributed by atoms with van der Waals surface area (Å²) in [6.45, 7) is 0.312. The number of nitriles is 1. The molecule has 6 nitrogen and oxygen atoms in total. The van der Waals surface area contributed by atoms with Gasteiger partial charge in [0.2, 0.25) is 0 Å². The van der Waals surface area contributed by atoms with Crippen LogP contribution in [0.3, 0.4) is 0 Å². The molecule has 0 aromatic heterocycles. The molecule has 0 atom stereocenters. The topological polar surface area (TPSA) is 87.5 Å². The predicted molar refractivity (Wildman–Crippen MR) is 112 cm³/mol. The normalized spacial score (nSPS) is 12.4. The van der Waals surface area contributed by atoms with E-state index in [2.05, 4.69) is 0 Å². The Morgan fingerprint density at radius 1 is 0.871 bits per heavy atom. The van der Waals surface area contributed by atoms with Crippen LogP contribution < -0.4 is 0 Å². The summed E-state index contributed by atoms with van der Waals surface area (Å²) < 4.78 is 5.31. The van der Waals surface area contributed by atoms with Gasteiger partial charge < -0.3 is 4.74 Å². The fourth-order valence-corrected chi connectivity index (χ4v) is 3.41. The molecule has 152 valence electrons. The van der Waals surface area contributed by atoms with Crippen LogP contribution in [-0.2, 0) is 17.8 Å². The van der Waals surface area contributed by atoms with Crippen LogP contribution in [0.5, 0.6) is 0 Å². The molecule has 0 spiro atoms. The Morgan fingerprint density at radius 2 is 1.58 bits per heavy atom. The summed E-state index contributed by atoms with van der Waals surface area (Å²) in [4.78, 5) is 39.1. The average Bonchev–Trinajstić information content (AvgIpc) is 3.06. The monoisotopic (exact) mass is 410 g/mol. The first-order valence-corrected chi connectivity index (χ1v) is 9.77. The van der Waals surface area contributed by atoms with Crippen molar-refractivity contribution in [3.8, 4) is 6.07 Å². The number of esters is 1. The highest BCUT2D eigenvalue weighted by Gasteiger charge is 2.35. The molecule has 0 radical (unpaired) electrons. The number of imide groups is 1. The third-order valence-electron chi connectivity index (χ3n) is 5.13. The molecule has 4 rings (SSSR count). The zero-order valence-electron chi connectivity index (χ0n) is 16.6. The van der Waals surface area contributed by atoms with Crippen molar-refractivity contribution in [2.75, 3.05) is 6.54 Å². The van der Waals surface area contributed by atoms with E-state index in [1.165, 1.54) is 23.1 Å². The van der Waals surface area contributed by atoms with Crippen molar-refractivity contribution in [1.82, 2.24) is 4.90 Å². The van der Waals surface area contributed by atoms with Crippen LogP contribution in [0.4, 0.5) is 0 Å². The maximum Gasteiger partial charge on any atom is 0.338 e.